The highest BCUT2D eigenvalue weighted by atomic mass is 16.1. The van der Waals surface area contributed by atoms with Gasteiger partial charge in [0.1, 0.15) is 5.84 Å². The van der Waals surface area contributed by atoms with Crippen molar-refractivity contribution in [2.24, 2.45) is 10.9 Å². The van der Waals surface area contributed by atoms with Crippen LogP contribution >= 0.6 is 0 Å². The first-order valence-corrected chi connectivity index (χ1v) is 8.68. The molecule has 1 unspecified atom stereocenters. The minimum atomic E-state index is -0.00722. The molecule has 0 bridgehead atoms. The van der Waals surface area contributed by atoms with Crippen LogP contribution in [0.25, 0.3) is 0 Å². The van der Waals surface area contributed by atoms with Crippen LogP contribution in [0.2, 0.25) is 0 Å². The van der Waals surface area contributed by atoms with Crippen LogP contribution in [0.3, 0.4) is 0 Å². The molecule has 2 aromatic rings. The predicted molar refractivity (Wildman–Crippen MR) is 101 cm³/mol. The molecule has 0 saturated carbocycles. The van der Waals surface area contributed by atoms with Gasteiger partial charge in [-0.15, -0.1) is 0 Å². The Morgan fingerprint density at radius 1 is 1.08 bits per heavy atom. The van der Waals surface area contributed by atoms with Crippen molar-refractivity contribution in [1.82, 2.24) is 9.88 Å². The summed E-state index contributed by atoms with van der Waals surface area (Å²) in [6, 6.07) is 15.9. The Kier molecular flexibility index (Phi) is 4.34. The van der Waals surface area contributed by atoms with Crippen molar-refractivity contribution >= 4 is 5.84 Å². The van der Waals surface area contributed by atoms with Crippen LogP contribution in [0.4, 0.5) is 0 Å². The Hall–Kier alpha value is -2.88. The van der Waals surface area contributed by atoms with Crippen LogP contribution in [-0.4, -0.2) is 16.4 Å². The zero-order valence-corrected chi connectivity index (χ0v) is 14.0. The number of hydrogen-bond donors (Lipinski definition) is 1. The number of allylic oxidation sites excluding steroid dienone is 3. The third-order valence-electron chi connectivity index (χ3n) is 4.80. The second-order valence-corrected chi connectivity index (χ2v) is 6.48. The molecule has 2 aliphatic rings. The van der Waals surface area contributed by atoms with E-state index in [-0.39, 0.29) is 17.6 Å². The SMILES string of the molecule is O=c1ccccn1CC1=N[C@H](c2ccccc2)[C@H](C2C=CC=CC2)N1. The molecule has 4 rings (SSSR count). The summed E-state index contributed by atoms with van der Waals surface area (Å²) in [6.07, 6.45) is 11.5. The molecule has 4 heteroatoms. The molecular formula is C21H21N3O. The fourth-order valence-corrected chi connectivity index (χ4v) is 3.54. The summed E-state index contributed by atoms with van der Waals surface area (Å²) in [4.78, 5) is 16.9. The molecule has 0 spiro atoms. The maximum absolute atomic E-state index is 12.0. The summed E-state index contributed by atoms with van der Waals surface area (Å²) in [5.74, 6) is 1.26. The van der Waals surface area contributed by atoms with Crippen molar-refractivity contribution < 1.29 is 0 Å². The fourth-order valence-electron chi connectivity index (χ4n) is 3.54. The quantitative estimate of drug-likeness (QED) is 0.936. The largest absolute Gasteiger partial charge is 0.366 e. The molecule has 0 fully saturated rings. The van der Waals surface area contributed by atoms with Gasteiger partial charge in [0.2, 0.25) is 0 Å². The first kappa shape index (κ1) is 15.6. The summed E-state index contributed by atoms with van der Waals surface area (Å²) in [5, 5.41) is 3.59. The number of benzene rings is 1. The van der Waals surface area contributed by atoms with E-state index in [2.05, 4.69) is 53.9 Å². The third-order valence-corrected chi connectivity index (χ3v) is 4.80. The third kappa shape index (κ3) is 3.33. The molecule has 0 amide bonds. The number of aliphatic imine (C=N–C) groups is 1. The molecule has 3 atom stereocenters. The lowest BCUT2D eigenvalue weighted by Crippen LogP contribution is -2.39. The molecular weight excluding hydrogens is 310 g/mol. The van der Waals surface area contributed by atoms with E-state index in [1.165, 1.54) is 5.56 Å². The Balaban J connectivity index is 1.63. The normalized spacial score (nSPS) is 24.8. The minimum absolute atomic E-state index is 0.00722. The Labute approximate surface area is 147 Å². The number of nitrogens with one attached hydrogen (secondary N) is 1. The van der Waals surface area contributed by atoms with Gasteiger partial charge < -0.3 is 9.88 Å². The van der Waals surface area contributed by atoms with Gasteiger partial charge >= 0.3 is 0 Å². The van der Waals surface area contributed by atoms with E-state index in [1.54, 1.807) is 22.9 Å². The number of aromatic nitrogens is 1. The van der Waals surface area contributed by atoms with Crippen molar-refractivity contribution in [2.45, 2.75) is 25.0 Å². The Bertz CT molecular complexity index is 879. The first-order chi connectivity index (χ1) is 12.3. The number of hydrogen-bond acceptors (Lipinski definition) is 3. The van der Waals surface area contributed by atoms with Gasteiger partial charge in [0.05, 0.1) is 18.6 Å². The molecule has 1 N–H and O–H groups in total. The molecule has 1 aromatic heterocycles. The van der Waals surface area contributed by atoms with Gasteiger partial charge in [-0.2, -0.15) is 0 Å². The summed E-state index contributed by atoms with van der Waals surface area (Å²) in [6.45, 7) is 0.478. The summed E-state index contributed by atoms with van der Waals surface area (Å²) >= 11 is 0. The number of pyridine rings is 1. The monoisotopic (exact) mass is 331 g/mol. The maximum atomic E-state index is 12.0. The van der Waals surface area contributed by atoms with Gasteiger partial charge in [-0.3, -0.25) is 9.79 Å². The Morgan fingerprint density at radius 3 is 2.68 bits per heavy atom. The number of rotatable bonds is 4. The van der Waals surface area contributed by atoms with Crippen LogP contribution < -0.4 is 10.9 Å². The van der Waals surface area contributed by atoms with E-state index >= 15 is 0 Å². The van der Waals surface area contributed by atoms with Crippen molar-refractivity contribution in [3.8, 4) is 0 Å². The summed E-state index contributed by atoms with van der Waals surface area (Å²) < 4.78 is 1.69. The predicted octanol–water partition coefficient (Wildman–Crippen LogP) is 3.09. The van der Waals surface area contributed by atoms with E-state index in [0.717, 1.165) is 12.3 Å². The second kappa shape index (κ2) is 6.93. The van der Waals surface area contributed by atoms with E-state index in [1.807, 2.05) is 12.1 Å². The van der Waals surface area contributed by atoms with Crippen LogP contribution in [0.15, 0.2) is 88.8 Å². The number of nitrogens with zero attached hydrogens (tertiary/aromatic N) is 2. The molecule has 0 radical (unpaired) electrons. The zero-order valence-electron chi connectivity index (χ0n) is 14.0. The molecule has 1 aromatic carbocycles. The standard InChI is InChI=1S/C21H21N3O/c25-19-13-7-8-14-24(19)15-18-22-20(16-9-3-1-4-10-16)21(23-18)17-11-5-2-6-12-17/h1-11,13-14,17,20-21H,12,15H2,(H,22,23)/t17?,20-,21+/m1/s1. The molecule has 1 aliphatic heterocycles. The van der Waals surface area contributed by atoms with Gasteiger partial charge in [-0.25, -0.2) is 0 Å². The van der Waals surface area contributed by atoms with Crippen LogP contribution in [-0.2, 0) is 6.54 Å². The van der Waals surface area contributed by atoms with Crippen LogP contribution in [0.5, 0.6) is 0 Å². The van der Waals surface area contributed by atoms with Crippen LogP contribution in [0, 0.1) is 5.92 Å². The lowest BCUT2D eigenvalue weighted by molar-refractivity contribution is 0.423. The van der Waals surface area contributed by atoms with E-state index in [9.17, 15) is 4.79 Å². The fraction of sp³-hybridized carbons (Fsp3) is 0.238. The summed E-state index contributed by atoms with van der Waals surface area (Å²) in [7, 11) is 0. The van der Waals surface area contributed by atoms with Gasteiger partial charge in [0.25, 0.3) is 5.56 Å². The highest BCUT2D eigenvalue weighted by Crippen LogP contribution is 2.33. The molecule has 2 heterocycles. The molecule has 1 aliphatic carbocycles. The van der Waals surface area contributed by atoms with E-state index < -0.39 is 0 Å². The first-order valence-electron chi connectivity index (χ1n) is 8.68. The smallest absolute Gasteiger partial charge is 0.250 e. The minimum Gasteiger partial charge on any atom is -0.366 e. The highest BCUT2D eigenvalue weighted by Gasteiger charge is 2.34. The molecule has 126 valence electrons. The van der Waals surface area contributed by atoms with Crippen molar-refractivity contribution in [2.75, 3.05) is 0 Å². The topological polar surface area (TPSA) is 46.4 Å². The maximum Gasteiger partial charge on any atom is 0.250 e. The van der Waals surface area contributed by atoms with Gasteiger partial charge in [0.15, 0.2) is 0 Å². The summed E-state index contributed by atoms with van der Waals surface area (Å²) in [5.41, 5.74) is 1.20. The van der Waals surface area contributed by atoms with Gasteiger partial charge in [-0.1, -0.05) is 60.7 Å². The van der Waals surface area contributed by atoms with E-state index in [4.69, 9.17) is 4.99 Å². The highest BCUT2D eigenvalue weighted by molar-refractivity contribution is 5.84. The average molecular weight is 331 g/mol. The molecule has 0 saturated heterocycles. The molecule has 4 nitrogen and oxygen atoms in total. The van der Waals surface area contributed by atoms with E-state index in [0.29, 0.717) is 12.5 Å². The average Bonchev–Trinajstić information content (AvgIpc) is 3.09. The van der Waals surface area contributed by atoms with Gasteiger partial charge in [0, 0.05) is 18.2 Å². The second-order valence-electron chi connectivity index (χ2n) is 6.48. The van der Waals surface area contributed by atoms with Crippen molar-refractivity contribution in [3.05, 3.63) is 94.9 Å². The zero-order chi connectivity index (χ0) is 17.1. The molecule has 25 heavy (non-hydrogen) atoms. The van der Waals surface area contributed by atoms with Crippen LogP contribution in [0.1, 0.15) is 18.0 Å². The Morgan fingerprint density at radius 2 is 1.92 bits per heavy atom. The lowest BCUT2D eigenvalue weighted by atomic mass is 9.86. The van der Waals surface area contributed by atoms with Gasteiger partial charge in [-0.05, 0) is 18.1 Å². The number of amidine groups is 1. The lowest BCUT2D eigenvalue weighted by Gasteiger charge is -2.26. The van der Waals surface area contributed by atoms with Crippen molar-refractivity contribution in [1.29, 1.82) is 0 Å². The van der Waals surface area contributed by atoms with Crippen molar-refractivity contribution in [3.63, 3.8) is 0 Å².